The average molecular weight is 455 g/mol. The average Bonchev–Trinajstić information content (AvgIpc) is 2.80. The number of hydrogen-bond acceptors (Lipinski definition) is 4. The molecule has 0 amide bonds. The van der Waals surface area contributed by atoms with E-state index >= 15 is 0 Å². The Kier molecular flexibility index (Phi) is 8.49. The molecule has 1 aromatic heterocycles. The third-order valence-electron chi connectivity index (χ3n) is 6.01. The van der Waals surface area contributed by atoms with E-state index in [1.165, 1.54) is 22.3 Å². The van der Waals surface area contributed by atoms with Crippen LogP contribution in [0.25, 0.3) is 0 Å². The molecule has 0 N–H and O–H groups in total. The van der Waals surface area contributed by atoms with Gasteiger partial charge in [0.1, 0.15) is 11.4 Å². The van der Waals surface area contributed by atoms with Crippen molar-refractivity contribution in [1.29, 1.82) is 0 Å². The largest absolute Gasteiger partial charge is 0.260 e. The molecule has 0 aliphatic carbocycles. The van der Waals surface area contributed by atoms with Gasteiger partial charge in [0.2, 0.25) is 0 Å². The Labute approximate surface area is 205 Å². The van der Waals surface area contributed by atoms with Gasteiger partial charge in [-0.1, -0.05) is 91.8 Å². The summed E-state index contributed by atoms with van der Waals surface area (Å²) in [4.78, 5) is 18.9. The van der Waals surface area contributed by atoms with Crippen LogP contribution in [0.5, 0.6) is 0 Å². The molecule has 0 spiro atoms. The highest BCUT2D eigenvalue weighted by atomic mass is 14.8. The number of aliphatic imine (C=N–C) groups is 2. The summed E-state index contributed by atoms with van der Waals surface area (Å²) in [6, 6.07) is 12.9. The Morgan fingerprint density at radius 2 is 0.882 bits per heavy atom. The predicted molar refractivity (Wildman–Crippen MR) is 146 cm³/mol. The normalized spacial score (nSPS) is 12.4. The van der Waals surface area contributed by atoms with Gasteiger partial charge in [-0.25, -0.2) is 4.98 Å². The first-order valence-electron chi connectivity index (χ1n) is 12.3. The lowest BCUT2D eigenvalue weighted by Gasteiger charge is -2.16. The standard InChI is InChI=1S/C30H38N4/c1-19(2)25-11-9-12-26(20(3)4)29(25)32-17-23-15-31-16-24(34-23)18-33-30-27(21(5)6)13-10-14-28(30)22(7)8/h9-22H,1-8H3. The van der Waals surface area contributed by atoms with Gasteiger partial charge < -0.3 is 0 Å². The molecule has 4 nitrogen and oxygen atoms in total. The molecule has 0 aliphatic heterocycles. The monoisotopic (exact) mass is 454 g/mol. The van der Waals surface area contributed by atoms with Gasteiger partial charge in [0, 0.05) is 0 Å². The van der Waals surface area contributed by atoms with Crippen molar-refractivity contribution in [2.75, 3.05) is 0 Å². The first-order chi connectivity index (χ1) is 16.2. The van der Waals surface area contributed by atoms with Gasteiger partial charge in [-0.05, 0) is 45.9 Å². The van der Waals surface area contributed by atoms with E-state index in [1.807, 2.05) is 12.4 Å². The molecular weight excluding hydrogens is 416 g/mol. The quantitative estimate of drug-likeness (QED) is 0.320. The Morgan fingerprint density at radius 3 is 1.18 bits per heavy atom. The lowest BCUT2D eigenvalue weighted by atomic mass is 9.93. The van der Waals surface area contributed by atoms with Crippen LogP contribution in [0.15, 0.2) is 58.8 Å². The number of aromatic nitrogens is 2. The van der Waals surface area contributed by atoms with Crippen molar-refractivity contribution < 1.29 is 0 Å². The summed E-state index contributed by atoms with van der Waals surface area (Å²) >= 11 is 0. The summed E-state index contributed by atoms with van der Waals surface area (Å²) in [5.74, 6) is 1.58. The molecule has 0 saturated heterocycles. The molecular formula is C30H38N4. The summed E-state index contributed by atoms with van der Waals surface area (Å²) in [7, 11) is 0. The molecule has 0 saturated carbocycles. The van der Waals surface area contributed by atoms with Gasteiger partial charge in [0.05, 0.1) is 36.2 Å². The van der Waals surface area contributed by atoms with Crippen LogP contribution in [-0.4, -0.2) is 22.4 Å². The Bertz CT molecular complexity index is 1030. The molecule has 0 radical (unpaired) electrons. The molecule has 2 aromatic carbocycles. The van der Waals surface area contributed by atoms with E-state index in [4.69, 9.17) is 15.0 Å². The molecule has 3 aromatic rings. The van der Waals surface area contributed by atoms with E-state index in [9.17, 15) is 0 Å². The fraction of sp³-hybridized carbons (Fsp3) is 0.400. The second-order valence-corrected chi connectivity index (χ2v) is 10.1. The SMILES string of the molecule is CC(C)c1cccc(C(C)C)c1N=Cc1cncc(C=Nc2c(C(C)C)cccc2C(C)C)n1. The Balaban J connectivity index is 1.96. The summed E-state index contributed by atoms with van der Waals surface area (Å²) in [5.41, 5.74) is 8.53. The number of para-hydroxylation sites is 2. The zero-order valence-electron chi connectivity index (χ0n) is 21.9. The van der Waals surface area contributed by atoms with Crippen molar-refractivity contribution in [3.8, 4) is 0 Å². The molecule has 0 bridgehead atoms. The van der Waals surface area contributed by atoms with Crippen LogP contribution in [0, 0.1) is 0 Å². The van der Waals surface area contributed by atoms with E-state index in [0.717, 1.165) is 22.8 Å². The van der Waals surface area contributed by atoms with Crippen LogP contribution in [0.1, 0.15) is 113 Å². The maximum Gasteiger partial charge on any atom is 0.100 e. The summed E-state index contributed by atoms with van der Waals surface area (Å²) in [5, 5.41) is 0. The molecule has 0 unspecified atom stereocenters. The van der Waals surface area contributed by atoms with Crippen LogP contribution < -0.4 is 0 Å². The van der Waals surface area contributed by atoms with E-state index in [2.05, 4.69) is 96.8 Å². The van der Waals surface area contributed by atoms with Crippen molar-refractivity contribution in [3.05, 3.63) is 82.4 Å². The minimum absolute atomic E-state index is 0.395. The number of rotatable bonds is 8. The minimum atomic E-state index is 0.395. The second-order valence-electron chi connectivity index (χ2n) is 10.1. The summed E-state index contributed by atoms with van der Waals surface area (Å²) in [6.07, 6.45) is 7.13. The van der Waals surface area contributed by atoms with Crippen molar-refractivity contribution in [2.45, 2.75) is 79.1 Å². The van der Waals surface area contributed by atoms with Crippen LogP contribution in [-0.2, 0) is 0 Å². The highest BCUT2D eigenvalue weighted by Crippen LogP contribution is 2.35. The lowest BCUT2D eigenvalue weighted by Crippen LogP contribution is -1.99. The van der Waals surface area contributed by atoms with Gasteiger partial charge in [-0.2, -0.15) is 0 Å². The van der Waals surface area contributed by atoms with E-state index in [0.29, 0.717) is 23.7 Å². The van der Waals surface area contributed by atoms with Crippen molar-refractivity contribution in [1.82, 2.24) is 9.97 Å². The molecule has 0 fully saturated rings. The maximum atomic E-state index is 4.88. The molecule has 3 rings (SSSR count). The molecule has 1 heterocycles. The van der Waals surface area contributed by atoms with E-state index in [1.54, 1.807) is 12.4 Å². The van der Waals surface area contributed by atoms with Crippen LogP contribution in [0.2, 0.25) is 0 Å². The topological polar surface area (TPSA) is 50.5 Å². The Morgan fingerprint density at radius 1 is 0.559 bits per heavy atom. The van der Waals surface area contributed by atoms with Crippen molar-refractivity contribution >= 4 is 23.8 Å². The highest BCUT2D eigenvalue weighted by Gasteiger charge is 2.14. The number of hydrogen-bond donors (Lipinski definition) is 0. The van der Waals surface area contributed by atoms with E-state index in [-0.39, 0.29) is 0 Å². The van der Waals surface area contributed by atoms with Crippen LogP contribution >= 0.6 is 0 Å². The van der Waals surface area contributed by atoms with Crippen molar-refractivity contribution in [2.24, 2.45) is 9.98 Å². The minimum Gasteiger partial charge on any atom is -0.260 e. The summed E-state index contributed by atoms with van der Waals surface area (Å²) < 4.78 is 0. The molecule has 34 heavy (non-hydrogen) atoms. The molecule has 0 aliphatic rings. The molecule has 4 heteroatoms. The van der Waals surface area contributed by atoms with Gasteiger partial charge in [-0.15, -0.1) is 0 Å². The third-order valence-corrected chi connectivity index (χ3v) is 6.01. The number of nitrogens with zero attached hydrogens (tertiary/aromatic N) is 4. The summed E-state index contributed by atoms with van der Waals surface area (Å²) in [6.45, 7) is 17.6. The fourth-order valence-corrected chi connectivity index (χ4v) is 4.10. The lowest BCUT2D eigenvalue weighted by molar-refractivity contribution is 0.835. The second kappa shape index (κ2) is 11.3. The van der Waals surface area contributed by atoms with Gasteiger partial charge in [-0.3, -0.25) is 15.0 Å². The van der Waals surface area contributed by atoms with E-state index < -0.39 is 0 Å². The predicted octanol–water partition coefficient (Wildman–Crippen LogP) is 8.47. The third kappa shape index (κ3) is 6.05. The van der Waals surface area contributed by atoms with Gasteiger partial charge >= 0.3 is 0 Å². The van der Waals surface area contributed by atoms with Crippen molar-refractivity contribution in [3.63, 3.8) is 0 Å². The maximum absolute atomic E-state index is 4.88. The van der Waals surface area contributed by atoms with Gasteiger partial charge in [0.25, 0.3) is 0 Å². The van der Waals surface area contributed by atoms with Gasteiger partial charge in [0.15, 0.2) is 0 Å². The highest BCUT2D eigenvalue weighted by molar-refractivity contribution is 5.84. The van der Waals surface area contributed by atoms with Crippen LogP contribution in [0.3, 0.4) is 0 Å². The zero-order chi connectivity index (χ0) is 24.8. The molecule has 0 atom stereocenters. The zero-order valence-corrected chi connectivity index (χ0v) is 21.9. The first kappa shape index (κ1) is 25.5. The fourth-order valence-electron chi connectivity index (χ4n) is 4.10. The molecule has 178 valence electrons. The smallest absolute Gasteiger partial charge is 0.100 e. The van der Waals surface area contributed by atoms with Crippen LogP contribution in [0.4, 0.5) is 11.4 Å². The first-order valence-corrected chi connectivity index (χ1v) is 12.3. The Hall–Kier alpha value is -3.14. The number of benzene rings is 2.